The summed E-state index contributed by atoms with van der Waals surface area (Å²) in [5.41, 5.74) is -0.437. The van der Waals surface area contributed by atoms with E-state index in [0.29, 0.717) is 29.1 Å². The van der Waals surface area contributed by atoms with Gasteiger partial charge >= 0.3 is 6.18 Å². The molecular formula is C29H25F4N5O3S. The zero-order valence-corrected chi connectivity index (χ0v) is 23.2. The number of Topliss-reactive ketones (excluding diaryl/α,β-unsaturated/α-hetero) is 1. The van der Waals surface area contributed by atoms with Gasteiger partial charge in [-0.05, 0) is 80.6 Å². The highest BCUT2D eigenvalue weighted by molar-refractivity contribution is 7.92. The van der Waals surface area contributed by atoms with Crippen molar-refractivity contribution < 1.29 is 30.8 Å². The molecule has 2 aliphatic carbocycles. The lowest BCUT2D eigenvalue weighted by Gasteiger charge is -2.43. The molecule has 0 saturated heterocycles. The number of carbonyl (C=O) groups excluding carboxylic acids is 1. The van der Waals surface area contributed by atoms with E-state index in [1.54, 1.807) is 29.1 Å². The molecule has 0 aliphatic heterocycles. The quantitative estimate of drug-likeness (QED) is 0.215. The third-order valence-corrected chi connectivity index (χ3v) is 10.3. The maximum atomic E-state index is 14.3. The van der Waals surface area contributed by atoms with Crippen molar-refractivity contribution in [1.29, 1.82) is 0 Å². The normalized spacial score (nSPS) is 20.5. The maximum Gasteiger partial charge on any atom is 0.416 e. The number of aromatic nitrogens is 5. The van der Waals surface area contributed by atoms with Gasteiger partial charge in [-0.25, -0.2) is 17.5 Å². The number of allylic oxidation sites excluding steroid dienone is 1. The molecule has 13 heteroatoms. The number of hydrogen-bond acceptors (Lipinski definition) is 6. The first kappa shape index (κ1) is 28.0. The largest absolute Gasteiger partial charge is 0.416 e. The van der Waals surface area contributed by atoms with Crippen molar-refractivity contribution in [2.24, 2.45) is 5.41 Å². The summed E-state index contributed by atoms with van der Waals surface area (Å²) in [6.07, 6.45) is 2.57. The predicted molar refractivity (Wildman–Crippen MR) is 144 cm³/mol. The van der Waals surface area contributed by atoms with Gasteiger partial charge < -0.3 is 0 Å². The van der Waals surface area contributed by atoms with E-state index in [2.05, 4.69) is 15.2 Å². The van der Waals surface area contributed by atoms with Crippen LogP contribution in [0.4, 0.5) is 17.6 Å². The highest BCUT2D eigenvalue weighted by Crippen LogP contribution is 2.52. The summed E-state index contributed by atoms with van der Waals surface area (Å²) in [5.74, 6) is -1.09. The molecule has 0 unspecified atom stereocenters. The number of hydrogen-bond donors (Lipinski definition) is 0. The molecule has 8 nitrogen and oxygen atoms in total. The third kappa shape index (κ3) is 4.65. The summed E-state index contributed by atoms with van der Waals surface area (Å²) in [6, 6.07) is 7.21. The zero-order valence-electron chi connectivity index (χ0n) is 22.3. The van der Waals surface area contributed by atoms with Crippen molar-refractivity contribution in [3.63, 3.8) is 0 Å². The minimum atomic E-state index is -4.69. The fourth-order valence-corrected chi connectivity index (χ4v) is 7.73. The molecule has 0 N–H and O–H groups in total. The third-order valence-electron chi connectivity index (χ3n) is 8.14. The number of sulfone groups is 1. The summed E-state index contributed by atoms with van der Waals surface area (Å²) in [5, 5.41) is 7.54. The molecule has 4 aromatic rings. The summed E-state index contributed by atoms with van der Waals surface area (Å²) >= 11 is 0. The molecule has 6 rings (SSSR count). The number of fused-ring (bicyclic) bond motifs is 2. The number of nitrogens with zero attached hydrogens (tertiary/aromatic N) is 5. The zero-order chi connectivity index (χ0) is 29.9. The van der Waals surface area contributed by atoms with Gasteiger partial charge in [0.15, 0.2) is 15.6 Å². The number of ketones is 1. The van der Waals surface area contributed by atoms with Crippen LogP contribution in [-0.2, 0) is 29.0 Å². The van der Waals surface area contributed by atoms with E-state index in [0.717, 1.165) is 18.3 Å². The molecule has 1 saturated carbocycles. The summed E-state index contributed by atoms with van der Waals surface area (Å²) in [4.78, 5) is 18.3. The van der Waals surface area contributed by atoms with Crippen LogP contribution in [0.2, 0.25) is 0 Å². The van der Waals surface area contributed by atoms with Crippen molar-refractivity contribution in [2.75, 3.05) is 0 Å². The first-order valence-corrected chi connectivity index (χ1v) is 14.9. The second-order valence-electron chi connectivity index (χ2n) is 10.6. The lowest BCUT2D eigenvalue weighted by molar-refractivity contribution is -0.137. The molecular weight excluding hydrogens is 574 g/mol. The Labute approximate surface area is 238 Å². The number of rotatable bonds is 6. The van der Waals surface area contributed by atoms with Crippen LogP contribution in [0, 0.1) is 11.2 Å². The molecule has 2 aliphatic rings. The van der Waals surface area contributed by atoms with E-state index in [1.807, 2.05) is 6.92 Å². The highest BCUT2D eigenvalue weighted by atomic mass is 32.2. The van der Waals surface area contributed by atoms with Gasteiger partial charge in [-0.1, -0.05) is 5.57 Å². The van der Waals surface area contributed by atoms with Gasteiger partial charge in [0.1, 0.15) is 16.4 Å². The molecule has 218 valence electrons. The Bertz CT molecular complexity index is 1830. The van der Waals surface area contributed by atoms with E-state index >= 15 is 0 Å². The van der Waals surface area contributed by atoms with Crippen LogP contribution in [0.25, 0.3) is 11.8 Å². The van der Waals surface area contributed by atoms with Gasteiger partial charge in [-0.2, -0.15) is 23.4 Å². The average molecular weight is 600 g/mol. The Hall–Kier alpha value is -4.13. The van der Waals surface area contributed by atoms with Crippen LogP contribution < -0.4 is 0 Å². The van der Waals surface area contributed by atoms with Crippen molar-refractivity contribution in [2.45, 2.75) is 55.5 Å². The van der Waals surface area contributed by atoms with E-state index in [4.69, 9.17) is 0 Å². The smallest absolute Gasteiger partial charge is 0.291 e. The van der Waals surface area contributed by atoms with Gasteiger partial charge in [-0.3, -0.25) is 14.5 Å². The second kappa shape index (κ2) is 10.0. The molecule has 42 heavy (non-hydrogen) atoms. The minimum Gasteiger partial charge on any atom is -0.291 e. The topological polar surface area (TPSA) is 99.7 Å². The second-order valence-corrected chi connectivity index (χ2v) is 12.8. The standard InChI is InChI=1S/C29H25F4N5O3S/c1-2-37-17-24(16-35-37)42(40,41)23-8-3-19-12-26-18(15-36-38(26)22-6-4-21(30)5-7-22)13-28(19,14-23)27(39)25-11-20(9-10-34-25)29(31,32)33/h4-7,9-12,15-17,23H,2-3,8,13-14H2,1H3/t23-,28-/m0/s1. The molecule has 0 radical (unpaired) electrons. The summed E-state index contributed by atoms with van der Waals surface area (Å²) in [6.45, 7) is 2.29. The molecule has 1 fully saturated rings. The highest BCUT2D eigenvalue weighted by Gasteiger charge is 2.52. The minimum absolute atomic E-state index is 0.0202. The number of carbonyl (C=O) groups is 1. The van der Waals surface area contributed by atoms with E-state index < -0.39 is 43.8 Å². The Balaban J connectivity index is 1.46. The molecule has 0 amide bonds. The van der Waals surface area contributed by atoms with Crippen LogP contribution in [0.5, 0.6) is 0 Å². The van der Waals surface area contributed by atoms with Crippen LogP contribution in [0.3, 0.4) is 0 Å². The Kier molecular flexibility index (Phi) is 6.67. The Morgan fingerprint density at radius 3 is 2.57 bits per heavy atom. The molecule has 1 aromatic carbocycles. The van der Waals surface area contributed by atoms with E-state index in [9.17, 15) is 30.8 Å². The number of benzene rings is 1. The number of pyridine rings is 1. The number of aryl methyl sites for hydroxylation is 1. The SMILES string of the molecule is CCn1cc(S(=O)(=O)[C@H]2CCC3=Cc4c(cnn4-c4ccc(F)cc4)C[C@]3(C(=O)c3cc(C(F)(F)F)ccn3)C2)cn1. The van der Waals surface area contributed by atoms with Gasteiger partial charge in [0.2, 0.25) is 0 Å². The van der Waals surface area contributed by atoms with Crippen LogP contribution in [0.1, 0.15) is 53.5 Å². The van der Waals surface area contributed by atoms with Gasteiger partial charge in [0, 0.05) is 18.9 Å². The molecule has 0 spiro atoms. The fourth-order valence-electron chi connectivity index (χ4n) is 5.95. The number of alkyl halides is 3. The molecule has 3 heterocycles. The van der Waals surface area contributed by atoms with Crippen molar-refractivity contribution in [1.82, 2.24) is 24.5 Å². The molecule has 2 atom stereocenters. The molecule has 3 aromatic heterocycles. The van der Waals surface area contributed by atoms with Crippen LogP contribution >= 0.6 is 0 Å². The van der Waals surface area contributed by atoms with E-state index in [-0.39, 0.29) is 36.3 Å². The molecule has 0 bridgehead atoms. The van der Waals surface area contributed by atoms with Crippen molar-refractivity contribution in [3.8, 4) is 5.69 Å². The van der Waals surface area contributed by atoms with Crippen LogP contribution in [-0.4, -0.2) is 44.0 Å². The van der Waals surface area contributed by atoms with Crippen LogP contribution in [0.15, 0.2) is 71.7 Å². The van der Waals surface area contributed by atoms with Crippen molar-refractivity contribution >= 4 is 21.7 Å². The summed E-state index contributed by atoms with van der Waals surface area (Å²) in [7, 11) is -3.93. The monoisotopic (exact) mass is 599 g/mol. The van der Waals surface area contributed by atoms with Gasteiger partial charge in [0.25, 0.3) is 0 Å². The predicted octanol–water partition coefficient (Wildman–Crippen LogP) is 5.48. The lowest BCUT2D eigenvalue weighted by Crippen LogP contribution is -2.46. The maximum absolute atomic E-state index is 14.3. The summed E-state index contributed by atoms with van der Waals surface area (Å²) < 4.78 is 84.8. The first-order chi connectivity index (χ1) is 19.9. The Morgan fingerprint density at radius 1 is 1.12 bits per heavy atom. The fraction of sp³-hybridized carbons (Fsp3) is 0.310. The Morgan fingerprint density at radius 2 is 1.88 bits per heavy atom. The van der Waals surface area contributed by atoms with Crippen molar-refractivity contribution in [3.05, 3.63) is 95.1 Å². The van der Waals surface area contributed by atoms with Gasteiger partial charge in [0.05, 0.1) is 40.0 Å². The number of halogens is 4. The average Bonchev–Trinajstić information content (AvgIpc) is 3.63. The van der Waals surface area contributed by atoms with E-state index in [1.165, 1.54) is 29.2 Å². The van der Waals surface area contributed by atoms with Gasteiger partial charge in [-0.15, -0.1) is 0 Å². The lowest BCUT2D eigenvalue weighted by atomic mass is 9.61. The first-order valence-electron chi connectivity index (χ1n) is 13.3.